The molecule has 2 N–H and O–H groups in total. The minimum atomic E-state index is -1.06. The van der Waals surface area contributed by atoms with Crippen molar-refractivity contribution in [3.63, 3.8) is 0 Å². The number of likely N-dealkylation sites (tertiary alicyclic amines) is 1. The van der Waals surface area contributed by atoms with Crippen LogP contribution in [0.15, 0.2) is 79.1 Å². The standard InChI is InChI=1S/C39H44N8O4/c1-5-47-25-40-37(44-47)30-8-6-27(7-9-30)28-16-19-46(20-17-28)35(48)23-45-21-18-39(24-45,50-4)38(49)41-31-12-15-34-33(22-31)36(43-42-34)29-10-13-32(14-11-29)51-26(2)3/h6-16,22,25-26H,5,17-21,23-24H2,1-4H3,(H,41,49)(H,42,43)/t39-/m0/s1. The molecule has 2 amide bonds. The summed E-state index contributed by atoms with van der Waals surface area (Å²) >= 11 is 0. The number of nitrogens with zero attached hydrogens (tertiary/aromatic N) is 6. The van der Waals surface area contributed by atoms with Crippen molar-refractivity contribution in [3.05, 3.63) is 84.7 Å². The van der Waals surface area contributed by atoms with Gasteiger partial charge in [-0.3, -0.25) is 24.3 Å². The van der Waals surface area contributed by atoms with Crippen LogP contribution >= 0.6 is 0 Å². The molecule has 0 unspecified atom stereocenters. The monoisotopic (exact) mass is 688 g/mol. The molecule has 2 aromatic heterocycles. The average molecular weight is 689 g/mol. The van der Waals surface area contributed by atoms with Crippen molar-refractivity contribution in [3.8, 4) is 28.4 Å². The highest BCUT2D eigenvalue weighted by Gasteiger charge is 2.45. The zero-order chi connectivity index (χ0) is 35.5. The number of carbonyl (C=O) groups is 2. The second-order valence-corrected chi connectivity index (χ2v) is 13.5. The molecule has 4 heterocycles. The first-order chi connectivity index (χ1) is 24.7. The molecule has 0 aliphatic carbocycles. The highest BCUT2D eigenvalue weighted by atomic mass is 16.5. The SMILES string of the molecule is CCn1cnc(-c2ccc(C3=CCN(C(=O)CN4CC[C@@](OC)(C(=O)Nc5ccc6[nH]nc(-c7ccc(OC(C)C)cc7)c6c5)C4)CC3)cc2)n1. The van der Waals surface area contributed by atoms with E-state index in [1.165, 1.54) is 5.57 Å². The topological polar surface area (TPSA) is 130 Å². The number of hydrogen-bond acceptors (Lipinski definition) is 8. The number of aromatic nitrogens is 5. The van der Waals surface area contributed by atoms with E-state index in [4.69, 9.17) is 9.47 Å². The Hall–Kier alpha value is -5.33. The molecule has 1 fully saturated rings. The van der Waals surface area contributed by atoms with Crippen LogP contribution in [0.3, 0.4) is 0 Å². The second kappa shape index (κ2) is 14.5. The number of fused-ring (bicyclic) bond motifs is 1. The maximum absolute atomic E-state index is 13.7. The molecule has 1 atom stereocenters. The summed E-state index contributed by atoms with van der Waals surface area (Å²) in [6, 6.07) is 21.8. The molecule has 0 saturated carbocycles. The number of amides is 2. The molecule has 3 aromatic carbocycles. The lowest BCUT2D eigenvalue weighted by molar-refractivity contribution is -0.138. The van der Waals surface area contributed by atoms with E-state index in [0.717, 1.165) is 57.8 Å². The number of hydrogen-bond donors (Lipinski definition) is 2. The molecule has 0 spiro atoms. The van der Waals surface area contributed by atoms with Crippen molar-refractivity contribution < 1.29 is 19.1 Å². The fourth-order valence-electron chi connectivity index (χ4n) is 6.82. The van der Waals surface area contributed by atoms with Crippen molar-refractivity contribution in [1.29, 1.82) is 0 Å². The van der Waals surface area contributed by atoms with Gasteiger partial charge in [0.05, 0.1) is 23.9 Å². The molecule has 51 heavy (non-hydrogen) atoms. The predicted molar refractivity (Wildman–Crippen MR) is 197 cm³/mol. The number of carbonyl (C=O) groups excluding carboxylic acids is 2. The Kier molecular flexibility index (Phi) is 9.70. The van der Waals surface area contributed by atoms with E-state index >= 15 is 0 Å². The Labute approximate surface area is 297 Å². The van der Waals surface area contributed by atoms with Gasteiger partial charge >= 0.3 is 0 Å². The summed E-state index contributed by atoms with van der Waals surface area (Å²) < 4.78 is 13.5. The van der Waals surface area contributed by atoms with E-state index in [9.17, 15) is 9.59 Å². The van der Waals surface area contributed by atoms with Crippen molar-refractivity contribution in [2.24, 2.45) is 0 Å². The summed E-state index contributed by atoms with van der Waals surface area (Å²) in [6.45, 7) is 9.16. The van der Waals surface area contributed by atoms with E-state index in [2.05, 4.69) is 43.8 Å². The van der Waals surface area contributed by atoms with Gasteiger partial charge in [0.1, 0.15) is 12.1 Å². The van der Waals surface area contributed by atoms with Crippen LogP contribution < -0.4 is 10.1 Å². The zero-order valence-electron chi connectivity index (χ0n) is 29.6. The maximum Gasteiger partial charge on any atom is 0.258 e. The summed E-state index contributed by atoms with van der Waals surface area (Å²) in [5, 5.41) is 16.1. The van der Waals surface area contributed by atoms with Crippen LogP contribution in [0.25, 0.3) is 39.1 Å². The summed E-state index contributed by atoms with van der Waals surface area (Å²) in [7, 11) is 1.56. The third-order valence-electron chi connectivity index (χ3n) is 9.73. The van der Waals surface area contributed by atoms with Gasteiger partial charge < -0.3 is 19.7 Å². The Balaban J connectivity index is 0.950. The van der Waals surface area contributed by atoms with E-state index in [0.29, 0.717) is 38.3 Å². The third-order valence-corrected chi connectivity index (χ3v) is 9.73. The average Bonchev–Trinajstić information content (AvgIpc) is 3.91. The number of methoxy groups -OCH3 is 1. The van der Waals surface area contributed by atoms with Crippen LogP contribution in [0.5, 0.6) is 5.75 Å². The number of anilines is 1. The number of rotatable bonds is 11. The summed E-state index contributed by atoms with van der Waals surface area (Å²) in [4.78, 5) is 35.4. The van der Waals surface area contributed by atoms with Crippen LogP contribution in [0, 0.1) is 0 Å². The van der Waals surface area contributed by atoms with E-state index in [1.54, 1.807) is 13.4 Å². The van der Waals surface area contributed by atoms with Crippen LogP contribution in [-0.4, -0.2) is 98.1 Å². The summed E-state index contributed by atoms with van der Waals surface area (Å²) in [5.41, 5.74) is 5.53. The van der Waals surface area contributed by atoms with Gasteiger partial charge in [-0.25, -0.2) is 4.98 Å². The van der Waals surface area contributed by atoms with Gasteiger partial charge in [0.2, 0.25) is 5.91 Å². The highest BCUT2D eigenvalue weighted by molar-refractivity contribution is 6.01. The van der Waals surface area contributed by atoms with Gasteiger partial charge in [0.15, 0.2) is 11.4 Å². The van der Waals surface area contributed by atoms with Crippen molar-refractivity contribution >= 4 is 34.0 Å². The number of H-pyrrole nitrogens is 1. The molecule has 1 saturated heterocycles. The number of nitrogens with one attached hydrogen (secondary N) is 2. The summed E-state index contributed by atoms with van der Waals surface area (Å²) in [6.07, 6.45) is 5.23. The van der Waals surface area contributed by atoms with Crippen molar-refractivity contribution in [2.75, 3.05) is 45.2 Å². The Morgan fingerprint density at radius 2 is 1.76 bits per heavy atom. The van der Waals surface area contributed by atoms with Crippen LogP contribution in [0.2, 0.25) is 0 Å². The van der Waals surface area contributed by atoms with Gasteiger partial charge in [-0.2, -0.15) is 10.2 Å². The van der Waals surface area contributed by atoms with Gasteiger partial charge in [-0.1, -0.05) is 30.3 Å². The molecule has 12 nitrogen and oxygen atoms in total. The molecule has 5 aromatic rings. The van der Waals surface area contributed by atoms with Gasteiger partial charge in [0, 0.05) is 62.0 Å². The van der Waals surface area contributed by atoms with E-state index in [1.807, 2.05) is 89.9 Å². The van der Waals surface area contributed by atoms with Crippen LogP contribution in [-0.2, 0) is 20.9 Å². The lowest BCUT2D eigenvalue weighted by atomic mass is 9.98. The molecule has 7 rings (SSSR count). The lowest BCUT2D eigenvalue weighted by Crippen LogP contribution is -2.48. The number of benzene rings is 3. The normalized spacial score (nSPS) is 18.0. The Morgan fingerprint density at radius 3 is 2.45 bits per heavy atom. The van der Waals surface area contributed by atoms with Gasteiger partial charge in [0.25, 0.3) is 5.91 Å². The first kappa shape index (κ1) is 34.1. The van der Waals surface area contributed by atoms with Crippen molar-refractivity contribution in [2.45, 2.75) is 51.9 Å². The molecule has 2 aliphatic rings. The molecule has 0 radical (unpaired) electrons. The number of aromatic amines is 1. The van der Waals surface area contributed by atoms with E-state index < -0.39 is 5.60 Å². The quantitative estimate of drug-likeness (QED) is 0.182. The Bertz CT molecular complexity index is 2050. The lowest BCUT2D eigenvalue weighted by Gasteiger charge is -2.30. The molecule has 0 bridgehead atoms. The number of ether oxygens (including phenoxy) is 2. The van der Waals surface area contributed by atoms with Crippen LogP contribution in [0.4, 0.5) is 5.69 Å². The smallest absolute Gasteiger partial charge is 0.258 e. The van der Waals surface area contributed by atoms with Gasteiger partial charge in [-0.15, -0.1) is 0 Å². The molecular weight excluding hydrogens is 644 g/mol. The largest absolute Gasteiger partial charge is 0.491 e. The summed E-state index contributed by atoms with van der Waals surface area (Å²) in [5.74, 6) is 1.33. The molecular formula is C39H44N8O4. The number of aryl methyl sites for hydroxylation is 1. The Morgan fingerprint density at radius 1 is 1.00 bits per heavy atom. The molecule has 12 heteroatoms. The van der Waals surface area contributed by atoms with Crippen molar-refractivity contribution in [1.82, 2.24) is 34.8 Å². The minimum Gasteiger partial charge on any atom is -0.491 e. The minimum absolute atomic E-state index is 0.0484. The highest BCUT2D eigenvalue weighted by Crippen LogP contribution is 2.32. The maximum atomic E-state index is 13.7. The fourth-order valence-corrected chi connectivity index (χ4v) is 6.82. The van der Waals surface area contributed by atoms with Crippen LogP contribution in [0.1, 0.15) is 39.2 Å². The second-order valence-electron chi connectivity index (χ2n) is 13.5. The molecule has 2 aliphatic heterocycles. The predicted octanol–water partition coefficient (Wildman–Crippen LogP) is 5.64. The van der Waals surface area contributed by atoms with Gasteiger partial charge in [-0.05, 0) is 87.2 Å². The third kappa shape index (κ3) is 7.28. The molecule has 264 valence electrons. The first-order valence-electron chi connectivity index (χ1n) is 17.5. The fraction of sp³-hybridized carbons (Fsp3) is 0.359. The zero-order valence-corrected chi connectivity index (χ0v) is 29.6. The van der Waals surface area contributed by atoms with E-state index in [-0.39, 0.29) is 24.5 Å². The first-order valence-corrected chi connectivity index (χ1v) is 17.5.